The largest absolute Gasteiger partial charge is 0.392 e. The summed E-state index contributed by atoms with van der Waals surface area (Å²) in [5, 5.41) is 11.5. The summed E-state index contributed by atoms with van der Waals surface area (Å²) in [6.45, 7) is 6.30. The van der Waals surface area contributed by atoms with Crippen LogP contribution in [0.2, 0.25) is 0 Å². The maximum atomic E-state index is 12.8. The summed E-state index contributed by atoms with van der Waals surface area (Å²) >= 11 is 1.71. The number of aliphatic hydroxyl groups is 1. The van der Waals surface area contributed by atoms with Gasteiger partial charge in [-0.15, -0.1) is 11.3 Å². The molecule has 1 amide bonds. The first-order valence-corrected chi connectivity index (χ1v) is 8.88. The Balaban J connectivity index is 1.62. The second-order valence-electron chi connectivity index (χ2n) is 6.04. The summed E-state index contributed by atoms with van der Waals surface area (Å²) in [5.74, 6) is 0.100. The number of hydrogen-bond acceptors (Lipinski definition) is 4. The van der Waals surface area contributed by atoms with Crippen LogP contribution in [0.1, 0.15) is 22.3 Å². The van der Waals surface area contributed by atoms with Crippen LogP contribution in [0.15, 0.2) is 35.8 Å². The van der Waals surface area contributed by atoms with E-state index in [2.05, 4.69) is 16.3 Å². The molecule has 3 rings (SSSR count). The van der Waals surface area contributed by atoms with Gasteiger partial charge in [0, 0.05) is 43.8 Å². The van der Waals surface area contributed by atoms with Crippen molar-refractivity contribution in [2.45, 2.75) is 19.6 Å². The molecule has 0 spiro atoms. The lowest BCUT2D eigenvalue weighted by molar-refractivity contribution is 0.0545. The summed E-state index contributed by atoms with van der Waals surface area (Å²) in [4.78, 5) is 18.1. The van der Waals surface area contributed by atoms with Gasteiger partial charge in [0.15, 0.2) is 0 Å². The molecule has 2 aromatic heterocycles. The average molecular weight is 333 g/mol. The smallest absolute Gasteiger partial charge is 0.270 e. The minimum atomic E-state index is -0.319. The molecule has 1 fully saturated rings. The van der Waals surface area contributed by atoms with Crippen LogP contribution in [-0.2, 0) is 6.54 Å². The van der Waals surface area contributed by atoms with Crippen molar-refractivity contribution in [3.05, 3.63) is 46.4 Å². The fourth-order valence-electron chi connectivity index (χ4n) is 2.99. The number of piperazine rings is 1. The molecule has 1 atom stereocenters. The SMILES string of the molecule is C[C@H](O)CN1CCN(C(=O)c2cccn2Cc2cccs2)CC1. The van der Waals surface area contributed by atoms with Crippen LogP contribution < -0.4 is 0 Å². The Morgan fingerprint density at radius 1 is 1.26 bits per heavy atom. The maximum Gasteiger partial charge on any atom is 0.270 e. The van der Waals surface area contributed by atoms with E-state index < -0.39 is 0 Å². The molecule has 0 radical (unpaired) electrons. The van der Waals surface area contributed by atoms with Gasteiger partial charge in [-0.1, -0.05) is 6.07 Å². The van der Waals surface area contributed by atoms with Crippen molar-refractivity contribution in [3.63, 3.8) is 0 Å². The van der Waals surface area contributed by atoms with Crippen molar-refractivity contribution in [2.24, 2.45) is 0 Å². The molecule has 3 heterocycles. The molecule has 0 aromatic carbocycles. The highest BCUT2D eigenvalue weighted by atomic mass is 32.1. The van der Waals surface area contributed by atoms with Gasteiger partial charge in [0.1, 0.15) is 5.69 Å². The summed E-state index contributed by atoms with van der Waals surface area (Å²) < 4.78 is 2.02. The lowest BCUT2D eigenvalue weighted by Gasteiger charge is -2.35. The number of nitrogens with zero attached hydrogens (tertiary/aromatic N) is 3. The fourth-order valence-corrected chi connectivity index (χ4v) is 3.69. The number of carbonyl (C=O) groups excluding carboxylic acids is 1. The van der Waals surface area contributed by atoms with E-state index in [-0.39, 0.29) is 12.0 Å². The highest BCUT2D eigenvalue weighted by Gasteiger charge is 2.24. The van der Waals surface area contributed by atoms with Gasteiger partial charge in [0.2, 0.25) is 0 Å². The molecule has 0 bridgehead atoms. The Labute approximate surface area is 140 Å². The fraction of sp³-hybridized carbons (Fsp3) is 0.471. The predicted molar refractivity (Wildman–Crippen MR) is 91.9 cm³/mol. The molecule has 1 aliphatic heterocycles. The highest BCUT2D eigenvalue weighted by molar-refractivity contribution is 7.09. The van der Waals surface area contributed by atoms with Crippen molar-refractivity contribution >= 4 is 17.2 Å². The van der Waals surface area contributed by atoms with Crippen LogP contribution in [0.4, 0.5) is 0 Å². The predicted octanol–water partition coefficient (Wildman–Crippen LogP) is 1.74. The van der Waals surface area contributed by atoms with Gasteiger partial charge >= 0.3 is 0 Å². The van der Waals surface area contributed by atoms with Crippen molar-refractivity contribution in [1.29, 1.82) is 0 Å². The van der Waals surface area contributed by atoms with Crippen molar-refractivity contribution < 1.29 is 9.90 Å². The van der Waals surface area contributed by atoms with E-state index in [1.165, 1.54) is 4.88 Å². The molecule has 2 aromatic rings. The summed E-state index contributed by atoms with van der Waals surface area (Å²) in [6, 6.07) is 7.96. The monoisotopic (exact) mass is 333 g/mol. The van der Waals surface area contributed by atoms with E-state index in [0.717, 1.165) is 38.4 Å². The normalized spacial score (nSPS) is 17.4. The summed E-state index contributed by atoms with van der Waals surface area (Å²) in [5.41, 5.74) is 0.752. The second-order valence-corrected chi connectivity index (χ2v) is 7.07. The van der Waals surface area contributed by atoms with Gasteiger partial charge in [-0.3, -0.25) is 9.69 Å². The van der Waals surface area contributed by atoms with Gasteiger partial charge < -0.3 is 14.6 Å². The minimum absolute atomic E-state index is 0.100. The van der Waals surface area contributed by atoms with E-state index in [1.54, 1.807) is 18.3 Å². The van der Waals surface area contributed by atoms with Gasteiger partial charge in [-0.25, -0.2) is 0 Å². The lowest BCUT2D eigenvalue weighted by atomic mass is 10.2. The lowest BCUT2D eigenvalue weighted by Crippen LogP contribution is -2.50. The van der Waals surface area contributed by atoms with Crippen LogP contribution in [0.25, 0.3) is 0 Å². The van der Waals surface area contributed by atoms with E-state index in [4.69, 9.17) is 0 Å². The number of rotatable bonds is 5. The third-order valence-corrected chi connectivity index (χ3v) is 5.00. The van der Waals surface area contributed by atoms with Crippen molar-refractivity contribution in [1.82, 2.24) is 14.4 Å². The van der Waals surface area contributed by atoms with E-state index >= 15 is 0 Å². The molecular weight excluding hydrogens is 310 g/mol. The quantitative estimate of drug-likeness (QED) is 0.907. The molecule has 0 saturated carbocycles. The molecule has 1 aliphatic rings. The Morgan fingerprint density at radius 3 is 2.70 bits per heavy atom. The molecule has 1 N–H and O–H groups in total. The van der Waals surface area contributed by atoms with Crippen molar-refractivity contribution in [2.75, 3.05) is 32.7 Å². The third-order valence-electron chi connectivity index (χ3n) is 4.14. The zero-order chi connectivity index (χ0) is 16.2. The summed E-state index contributed by atoms with van der Waals surface area (Å²) in [6.07, 6.45) is 1.65. The molecule has 0 aliphatic carbocycles. The molecule has 6 heteroatoms. The maximum absolute atomic E-state index is 12.8. The van der Waals surface area contributed by atoms with E-state index in [1.807, 2.05) is 33.9 Å². The topological polar surface area (TPSA) is 48.7 Å². The zero-order valence-corrected chi connectivity index (χ0v) is 14.2. The van der Waals surface area contributed by atoms with Crippen LogP contribution in [-0.4, -0.2) is 64.2 Å². The summed E-state index contributed by atoms with van der Waals surface area (Å²) in [7, 11) is 0. The van der Waals surface area contributed by atoms with Gasteiger partial charge in [-0.05, 0) is 30.5 Å². The second kappa shape index (κ2) is 7.29. The van der Waals surface area contributed by atoms with Crippen LogP contribution >= 0.6 is 11.3 Å². The third kappa shape index (κ3) is 4.02. The molecular formula is C17H23N3O2S. The van der Waals surface area contributed by atoms with Crippen LogP contribution in [0.3, 0.4) is 0 Å². The number of carbonyl (C=O) groups is 1. The van der Waals surface area contributed by atoms with E-state index in [0.29, 0.717) is 6.54 Å². The van der Waals surface area contributed by atoms with Crippen LogP contribution in [0, 0.1) is 0 Å². The van der Waals surface area contributed by atoms with Crippen molar-refractivity contribution in [3.8, 4) is 0 Å². The van der Waals surface area contributed by atoms with Gasteiger partial charge in [0.25, 0.3) is 5.91 Å². The standard InChI is InChI=1S/C17H23N3O2S/c1-14(21)12-18-7-9-19(10-8-18)17(22)16-5-2-6-20(16)13-15-4-3-11-23-15/h2-6,11,14,21H,7-10,12-13H2,1H3/t14-/m0/s1. The number of β-amino-alcohol motifs (C(OH)–C–C–N with tert-alkyl or cyclic N) is 1. The van der Waals surface area contributed by atoms with Gasteiger partial charge in [0.05, 0.1) is 12.6 Å². The molecule has 5 nitrogen and oxygen atoms in total. The number of amides is 1. The zero-order valence-electron chi connectivity index (χ0n) is 13.4. The number of aliphatic hydroxyl groups excluding tert-OH is 1. The molecule has 1 saturated heterocycles. The number of hydrogen-bond donors (Lipinski definition) is 1. The average Bonchev–Trinajstić information content (AvgIpc) is 3.19. The molecule has 0 unspecified atom stereocenters. The Hall–Kier alpha value is -1.63. The first-order chi connectivity index (χ1) is 11.1. The number of aromatic nitrogens is 1. The molecule has 124 valence electrons. The van der Waals surface area contributed by atoms with E-state index in [9.17, 15) is 9.90 Å². The Bertz CT molecular complexity index is 628. The Morgan fingerprint density at radius 2 is 2.04 bits per heavy atom. The van der Waals surface area contributed by atoms with Crippen LogP contribution in [0.5, 0.6) is 0 Å². The minimum Gasteiger partial charge on any atom is -0.392 e. The molecule has 23 heavy (non-hydrogen) atoms. The number of thiophene rings is 1. The first kappa shape index (κ1) is 16.2. The first-order valence-electron chi connectivity index (χ1n) is 8.00. The highest BCUT2D eigenvalue weighted by Crippen LogP contribution is 2.15. The Kier molecular flexibility index (Phi) is 5.15. The van der Waals surface area contributed by atoms with Gasteiger partial charge in [-0.2, -0.15) is 0 Å².